The van der Waals surface area contributed by atoms with Crippen LogP contribution in [0.5, 0.6) is 0 Å². The molecular formula is C20H26N6O. The molecule has 2 aliphatic rings. The zero-order valence-corrected chi connectivity index (χ0v) is 15.7. The molecule has 3 heterocycles. The highest BCUT2D eigenvalue weighted by Gasteiger charge is 2.41. The van der Waals surface area contributed by atoms with Gasteiger partial charge in [0.15, 0.2) is 0 Å². The van der Waals surface area contributed by atoms with Gasteiger partial charge in [-0.05, 0) is 31.9 Å². The smallest absolute Gasteiger partial charge is 0.257 e. The average Bonchev–Trinajstić information content (AvgIpc) is 3.21. The Kier molecular flexibility index (Phi) is 4.99. The van der Waals surface area contributed by atoms with E-state index in [2.05, 4.69) is 38.2 Å². The first kappa shape index (κ1) is 17.8. The molecule has 0 aromatic carbocycles. The van der Waals surface area contributed by atoms with Crippen molar-refractivity contribution in [3.8, 4) is 0 Å². The summed E-state index contributed by atoms with van der Waals surface area (Å²) in [5, 5.41) is 10.2. The minimum atomic E-state index is -0.435. The van der Waals surface area contributed by atoms with E-state index in [0.29, 0.717) is 13.2 Å². The minimum Gasteiger partial charge on any atom is -0.377 e. The first-order valence-corrected chi connectivity index (χ1v) is 9.72. The van der Waals surface area contributed by atoms with Crippen LogP contribution in [0.25, 0.3) is 4.85 Å². The maximum Gasteiger partial charge on any atom is 0.257 e. The predicted octanol–water partition coefficient (Wildman–Crippen LogP) is 3.85. The summed E-state index contributed by atoms with van der Waals surface area (Å²) in [6.45, 7) is 12.3. The quantitative estimate of drug-likeness (QED) is 0.804. The van der Waals surface area contributed by atoms with Crippen LogP contribution in [-0.2, 0) is 10.3 Å². The van der Waals surface area contributed by atoms with Crippen molar-refractivity contribution < 1.29 is 4.74 Å². The molecule has 0 amide bonds. The number of morpholine rings is 1. The molecule has 1 saturated carbocycles. The molecule has 1 atom stereocenters. The van der Waals surface area contributed by atoms with E-state index >= 15 is 0 Å². The molecular weight excluding hydrogens is 340 g/mol. The third-order valence-corrected chi connectivity index (χ3v) is 5.67. The van der Waals surface area contributed by atoms with E-state index in [9.17, 15) is 0 Å². The number of pyridine rings is 1. The number of aromatic nitrogens is 3. The number of anilines is 3. The molecule has 0 spiro atoms. The SMILES string of the molecule is [C-]#[N+]C1(c2cc(Nc3ccn[nH]3)nc(N3CCOC[C@H]3C)c2)CCCCC1. The summed E-state index contributed by atoms with van der Waals surface area (Å²) in [5.74, 6) is 2.46. The van der Waals surface area contributed by atoms with Crippen molar-refractivity contribution in [2.45, 2.75) is 50.6 Å². The Hall–Kier alpha value is -2.59. The molecule has 2 aromatic heterocycles. The molecule has 27 heavy (non-hydrogen) atoms. The van der Waals surface area contributed by atoms with Crippen LogP contribution >= 0.6 is 0 Å². The number of ether oxygens (including phenoxy) is 1. The van der Waals surface area contributed by atoms with Crippen LogP contribution in [0.15, 0.2) is 24.4 Å². The summed E-state index contributed by atoms with van der Waals surface area (Å²) < 4.78 is 5.59. The summed E-state index contributed by atoms with van der Waals surface area (Å²) in [7, 11) is 0. The van der Waals surface area contributed by atoms with Gasteiger partial charge in [-0.3, -0.25) is 5.10 Å². The highest BCUT2D eigenvalue weighted by atomic mass is 16.5. The molecule has 2 aromatic rings. The maximum atomic E-state index is 7.94. The van der Waals surface area contributed by atoms with Crippen molar-refractivity contribution in [2.75, 3.05) is 30.0 Å². The molecule has 142 valence electrons. The molecule has 1 aliphatic carbocycles. The van der Waals surface area contributed by atoms with Gasteiger partial charge in [0, 0.05) is 31.0 Å². The van der Waals surface area contributed by atoms with Gasteiger partial charge in [0.05, 0.1) is 25.5 Å². The Bertz CT molecular complexity index is 806. The zero-order valence-electron chi connectivity index (χ0n) is 15.7. The van der Waals surface area contributed by atoms with Crippen LogP contribution in [0.2, 0.25) is 0 Å². The highest BCUT2D eigenvalue weighted by molar-refractivity contribution is 5.59. The summed E-state index contributed by atoms with van der Waals surface area (Å²) in [5.41, 5.74) is 0.637. The topological polar surface area (TPSA) is 70.4 Å². The summed E-state index contributed by atoms with van der Waals surface area (Å²) in [6, 6.07) is 6.30. The monoisotopic (exact) mass is 366 g/mol. The fourth-order valence-corrected chi connectivity index (χ4v) is 4.13. The Morgan fingerprint density at radius 3 is 2.89 bits per heavy atom. The fourth-order valence-electron chi connectivity index (χ4n) is 4.13. The first-order chi connectivity index (χ1) is 13.2. The molecule has 1 aliphatic heterocycles. The minimum absolute atomic E-state index is 0.261. The van der Waals surface area contributed by atoms with E-state index in [1.807, 2.05) is 12.1 Å². The van der Waals surface area contributed by atoms with Gasteiger partial charge in [-0.15, -0.1) is 0 Å². The van der Waals surface area contributed by atoms with Crippen molar-refractivity contribution in [3.63, 3.8) is 0 Å². The van der Waals surface area contributed by atoms with Gasteiger partial charge in [0.25, 0.3) is 5.54 Å². The number of hydrogen-bond donors (Lipinski definition) is 2. The lowest BCUT2D eigenvalue weighted by atomic mass is 9.77. The van der Waals surface area contributed by atoms with Gasteiger partial charge < -0.3 is 19.8 Å². The molecule has 4 rings (SSSR count). The maximum absolute atomic E-state index is 7.94. The molecule has 7 heteroatoms. The number of H-pyrrole nitrogens is 1. The first-order valence-electron chi connectivity index (χ1n) is 9.72. The standard InChI is InChI=1S/C20H26N6O/c1-15-14-27-11-10-26(15)19-13-16(20(21-2)7-4-3-5-8-20)12-18(24-19)23-17-6-9-22-25-17/h6,9,12-13,15H,3-5,7-8,10-11,14H2,1H3,(H2,22,23,24,25)/t15-/m1/s1. The van der Waals surface area contributed by atoms with Gasteiger partial charge in [0.2, 0.25) is 0 Å². The van der Waals surface area contributed by atoms with Crippen LogP contribution in [0, 0.1) is 6.57 Å². The van der Waals surface area contributed by atoms with Crippen LogP contribution in [0.1, 0.15) is 44.6 Å². The highest BCUT2D eigenvalue weighted by Crippen LogP contribution is 2.42. The van der Waals surface area contributed by atoms with Gasteiger partial charge in [0.1, 0.15) is 17.5 Å². The Morgan fingerprint density at radius 1 is 1.33 bits per heavy atom. The van der Waals surface area contributed by atoms with Crippen LogP contribution in [0.3, 0.4) is 0 Å². The van der Waals surface area contributed by atoms with Crippen LogP contribution < -0.4 is 10.2 Å². The third kappa shape index (κ3) is 3.62. The number of aromatic amines is 1. The van der Waals surface area contributed by atoms with Gasteiger partial charge in [-0.2, -0.15) is 5.10 Å². The van der Waals surface area contributed by atoms with Crippen molar-refractivity contribution in [3.05, 3.63) is 41.4 Å². The van der Waals surface area contributed by atoms with E-state index < -0.39 is 5.54 Å². The Morgan fingerprint density at radius 2 is 2.19 bits per heavy atom. The van der Waals surface area contributed by atoms with E-state index in [1.165, 1.54) is 6.42 Å². The lowest BCUT2D eigenvalue weighted by Crippen LogP contribution is -2.44. The van der Waals surface area contributed by atoms with Crippen molar-refractivity contribution in [1.82, 2.24) is 15.2 Å². The van der Waals surface area contributed by atoms with E-state index in [0.717, 1.165) is 55.2 Å². The second kappa shape index (κ2) is 7.57. The number of nitrogens with one attached hydrogen (secondary N) is 2. The summed E-state index contributed by atoms with van der Waals surface area (Å²) in [4.78, 5) is 11.3. The fraction of sp³-hybridized carbons (Fsp3) is 0.550. The summed E-state index contributed by atoms with van der Waals surface area (Å²) in [6.07, 6.45) is 6.98. The molecule has 2 fully saturated rings. The second-order valence-corrected chi connectivity index (χ2v) is 7.52. The number of rotatable bonds is 4. The van der Waals surface area contributed by atoms with E-state index in [-0.39, 0.29) is 6.04 Å². The number of nitrogens with zero attached hydrogens (tertiary/aromatic N) is 4. The molecule has 0 bridgehead atoms. The molecule has 2 N–H and O–H groups in total. The lowest BCUT2D eigenvalue weighted by molar-refractivity contribution is 0.0985. The van der Waals surface area contributed by atoms with Gasteiger partial charge in [-0.25, -0.2) is 11.6 Å². The van der Waals surface area contributed by atoms with Crippen LogP contribution in [0.4, 0.5) is 17.5 Å². The third-order valence-electron chi connectivity index (χ3n) is 5.67. The summed E-state index contributed by atoms with van der Waals surface area (Å²) >= 11 is 0. The molecule has 0 radical (unpaired) electrons. The second-order valence-electron chi connectivity index (χ2n) is 7.52. The lowest BCUT2D eigenvalue weighted by Gasteiger charge is -2.35. The molecule has 7 nitrogen and oxygen atoms in total. The van der Waals surface area contributed by atoms with Crippen molar-refractivity contribution >= 4 is 17.5 Å². The van der Waals surface area contributed by atoms with Crippen molar-refractivity contribution in [2.24, 2.45) is 0 Å². The largest absolute Gasteiger partial charge is 0.377 e. The normalized spacial score (nSPS) is 22.2. The van der Waals surface area contributed by atoms with Crippen LogP contribution in [-0.4, -0.2) is 41.0 Å². The Labute approximate surface area is 159 Å². The average molecular weight is 366 g/mol. The van der Waals surface area contributed by atoms with Gasteiger partial charge >= 0.3 is 0 Å². The zero-order chi connectivity index (χ0) is 18.7. The number of hydrogen-bond acceptors (Lipinski definition) is 5. The Balaban J connectivity index is 1.75. The van der Waals surface area contributed by atoms with E-state index in [1.54, 1.807) is 6.20 Å². The predicted molar refractivity (Wildman–Crippen MR) is 105 cm³/mol. The van der Waals surface area contributed by atoms with E-state index in [4.69, 9.17) is 16.3 Å². The molecule has 0 unspecified atom stereocenters. The van der Waals surface area contributed by atoms with Crippen molar-refractivity contribution in [1.29, 1.82) is 0 Å². The molecule has 1 saturated heterocycles. The van der Waals surface area contributed by atoms with Gasteiger partial charge in [-0.1, -0.05) is 6.42 Å².